The Kier molecular flexibility index (Phi) is 3.44. The Bertz CT molecular complexity index is 659. The molecule has 0 unspecified atom stereocenters. The standard InChI is InChI=1S/C19H17NO/c20-18-13-19(12-11-15(18)14-21,16-7-3-1-4-8-16)17-9-5-2-6-10-17/h1-12,14H,13,20H2. The van der Waals surface area contributed by atoms with Crippen molar-refractivity contribution in [2.24, 2.45) is 5.73 Å². The van der Waals surface area contributed by atoms with E-state index in [1.54, 1.807) is 0 Å². The molecule has 1 aliphatic rings. The molecule has 2 nitrogen and oxygen atoms in total. The van der Waals surface area contributed by atoms with Gasteiger partial charge in [-0.05, 0) is 11.1 Å². The number of benzene rings is 2. The predicted octanol–water partition coefficient (Wildman–Crippen LogP) is 3.34. The summed E-state index contributed by atoms with van der Waals surface area (Å²) in [6.45, 7) is 0. The summed E-state index contributed by atoms with van der Waals surface area (Å²) in [6, 6.07) is 20.6. The summed E-state index contributed by atoms with van der Waals surface area (Å²) < 4.78 is 0. The van der Waals surface area contributed by atoms with Crippen LogP contribution in [-0.4, -0.2) is 6.29 Å². The van der Waals surface area contributed by atoms with E-state index in [9.17, 15) is 4.79 Å². The molecular weight excluding hydrogens is 258 g/mol. The van der Waals surface area contributed by atoms with Crippen LogP contribution in [0.4, 0.5) is 0 Å². The van der Waals surface area contributed by atoms with Crippen molar-refractivity contribution in [2.45, 2.75) is 11.8 Å². The van der Waals surface area contributed by atoms with Gasteiger partial charge in [-0.1, -0.05) is 72.8 Å². The van der Waals surface area contributed by atoms with Crippen LogP contribution in [0.25, 0.3) is 0 Å². The lowest BCUT2D eigenvalue weighted by Gasteiger charge is -2.35. The lowest BCUT2D eigenvalue weighted by atomic mass is 9.69. The topological polar surface area (TPSA) is 43.1 Å². The first-order chi connectivity index (χ1) is 10.3. The van der Waals surface area contributed by atoms with Crippen LogP contribution in [0.2, 0.25) is 0 Å². The van der Waals surface area contributed by atoms with Gasteiger partial charge < -0.3 is 5.73 Å². The van der Waals surface area contributed by atoms with E-state index in [1.807, 2.05) is 42.5 Å². The molecule has 0 spiro atoms. The number of nitrogens with two attached hydrogens (primary N) is 1. The Hall–Kier alpha value is -2.61. The number of aldehydes is 1. The maximum atomic E-state index is 11.1. The fourth-order valence-electron chi connectivity index (χ4n) is 2.95. The number of hydrogen-bond donors (Lipinski definition) is 1. The summed E-state index contributed by atoms with van der Waals surface area (Å²) in [5, 5.41) is 0. The molecule has 1 aliphatic carbocycles. The zero-order chi connectivity index (χ0) is 14.7. The Morgan fingerprint density at radius 2 is 1.43 bits per heavy atom. The fourth-order valence-corrected chi connectivity index (χ4v) is 2.95. The Balaban J connectivity index is 2.18. The minimum absolute atomic E-state index is 0.306. The summed E-state index contributed by atoms with van der Waals surface area (Å²) in [4.78, 5) is 11.1. The lowest BCUT2D eigenvalue weighted by molar-refractivity contribution is -0.104. The van der Waals surface area contributed by atoms with E-state index < -0.39 is 0 Å². The van der Waals surface area contributed by atoms with Gasteiger partial charge in [0, 0.05) is 23.1 Å². The molecule has 0 saturated heterocycles. The highest BCUT2D eigenvalue weighted by Gasteiger charge is 2.34. The van der Waals surface area contributed by atoms with Crippen molar-refractivity contribution in [2.75, 3.05) is 0 Å². The average molecular weight is 275 g/mol. The van der Waals surface area contributed by atoms with Crippen LogP contribution in [0.15, 0.2) is 84.1 Å². The number of carbonyl (C=O) groups excluding carboxylic acids is 1. The van der Waals surface area contributed by atoms with Crippen LogP contribution in [0.3, 0.4) is 0 Å². The molecule has 21 heavy (non-hydrogen) atoms. The molecule has 0 aromatic heterocycles. The highest BCUT2D eigenvalue weighted by Crippen LogP contribution is 2.41. The minimum atomic E-state index is -0.306. The second kappa shape index (κ2) is 5.41. The first kappa shape index (κ1) is 13.4. The maximum Gasteiger partial charge on any atom is 0.151 e. The molecule has 2 aromatic rings. The fraction of sp³-hybridized carbons (Fsp3) is 0.105. The van der Waals surface area contributed by atoms with Crippen LogP contribution >= 0.6 is 0 Å². The molecule has 2 N–H and O–H groups in total. The highest BCUT2D eigenvalue weighted by atomic mass is 16.1. The smallest absolute Gasteiger partial charge is 0.151 e. The number of carbonyl (C=O) groups is 1. The van der Waals surface area contributed by atoms with E-state index in [1.165, 1.54) is 11.1 Å². The van der Waals surface area contributed by atoms with Gasteiger partial charge in [0.05, 0.1) is 0 Å². The Labute approximate surface area is 124 Å². The Morgan fingerprint density at radius 3 is 1.86 bits per heavy atom. The monoisotopic (exact) mass is 275 g/mol. The first-order valence-corrected chi connectivity index (χ1v) is 7.00. The third-order valence-corrected chi connectivity index (χ3v) is 4.09. The Morgan fingerprint density at radius 1 is 0.905 bits per heavy atom. The molecular formula is C19H17NO. The molecule has 0 radical (unpaired) electrons. The van der Waals surface area contributed by atoms with Gasteiger partial charge in [0.1, 0.15) is 0 Å². The maximum absolute atomic E-state index is 11.1. The van der Waals surface area contributed by atoms with E-state index in [2.05, 4.69) is 30.3 Å². The number of allylic oxidation sites excluding steroid dienone is 4. The molecule has 2 aromatic carbocycles. The second-order valence-corrected chi connectivity index (χ2v) is 5.31. The van der Waals surface area contributed by atoms with Crippen LogP contribution in [0.1, 0.15) is 17.5 Å². The van der Waals surface area contributed by atoms with Crippen molar-refractivity contribution >= 4 is 6.29 Å². The van der Waals surface area contributed by atoms with Crippen LogP contribution in [0.5, 0.6) is 0 Å². The zero-order valence-electron chi connectivity index (χ0n) is 11.7. The molecule has 104 valence electrons. The summed E-state index contributed by atoms with van der Waals surface area (Å²) in [6.07, 6.45) is 5.38. The minimum Gasteiger partial charge on any atom is -0.401 e. The van der Waals surface area contributed by atoms with E-state index >= 15 is 0 Å². The molecule has 0 fully saturated rings. The van der Waals surface area contributed by atoms with Crippen LogP contribution in [-0.2, 0) is 10.2 Å². The molecule has 3 rings (SSSR count). The molecule has 0 bridgehead atoms. The number of rotatable bonds is 3. The number of hydrogen-bond acceptors (Lipinski definition) is 2. The predicted molar refractivity (Wildman–Crippen MR) is 84.7 cm³/mol. The van der Waals surface area contributed by atoms with E-state index in [-0.39, 0.29) is 5.41 Å². The molecule has 0 amide bonds. The highest BCUT2D eigenvalue weighted by molar-refractivity contribution is 5.80. The molecule has 0 heterocycles. The van der Waals surface area contributed by atoms with Gasteiger partial charge in [-0.2, -0.15) is 0 Å². The average Bonchev–Trinajstić information content (AvgIpc) is 2.56. The summed E-state index contributed by atoms with van der Waals surface area (Å²) in [5.41, 5.74) is 9.41. The van der Waals surface area contributed by atoms with Gasteiger partial charge in [-0.25, -0.2) is 0 Å². The van der Waals surface area contributed by atoms with Crippen molar-refractivity contribution in [1.82, 2.24) is 0 Å². The van der Waals surface area contributed by atoms with Crippen LogP contribution in [0, 0.1) is 0 Å². The molecule has 2 heteroatoms. The van der Waals surface area contributed by atoms with Crippen molar-refractivity contribution in [3.05, 3.63) is 95.2 Å². The lowest BCUT2D eigenvalue weighted by Crippen LogP contribution is -2.30. The van der Waals surface area contributed by atoms with Crippen molar-refractivity contribution in [3.63, 3.8) is 0 Å². The van der Waals surface area contributed by atoms with E-state index in [0.717, 1.165) is 6.29 Å². The van der Waals surface area contributed by atoms with Gasteiger partial charge in [0.25, 0.3) is 0 Å². The van der Waals surface area contributed by atoms with Gasteiger partial charge in [-0.15, -0.1) is 0 Å². The molecule has 0 aliphatic heterocycles. The van der Waals surface area contributed by atoms with Gasteiger partial charge in [0.15, 0.2) is 6.29 Å². The summed E-state index contributed by atoms with van der Waals surface area (Å²) >= 11 is 0. The quantitative estimate of drug-likeness (QED) is 0.873. The SMILES string of the molecule is NC1=C(C=O)C=CC(c2ccccc2)(c2ccccc2)C1. The molecule has 0 atom stereocenters. The van der Waals surface area contributed by atoms with Crippen molar-refractivity contribution in [1.29, 1.82) is 0 Å². The van der Waals surface area contributed by atoms with Gasteiger partial charge in [0.2, 0.25) is 0 Å². The van der Waals surface area contributed by atoms with E-state index in [0.29, 0.717) is 17.7 Å². The first-order valence-electron chi connectivity index (χ1n) is 7.00. The summed E-state index contributed by atoms with van der Waals surface area (Å²) in [7, 11) is 0. The third-order valence-electron chi connectivity index (χ3n) is 4.09. The van der Waals surface area contributed by atoms with Gasteiger partial charge in [-0.3, -0.25) is 4.79 Å². The largest absolute Gasteiger partial charge is 0.401 e. The zero-order valence-corrected chi connectivity index (χ0v) is 11.7. The molecule has 0 saturated carbocycles. The van der Waals surface area contributed by atoms with Crippen LogP contribution < -0.4 is 5.73 Å². The normalized spacial score (nSPS) is 16.8. The van der Waals surface area contributed by atoms with Gasteiger partial charge >= 0.3 is 0 Å². The second-order valence-electron chi connectivity index (χ2n) is 5.31. The van der Waals surface area contributed by atoms with E-state index in [4.69, 9.17) is 5.73 Å². The van der Waals surface area contributed by atoms with Crippen molar-refractivity contribution in [3.8, 4) is 0 Å². The third kappa shape index (κ3) is 2.29. The summed E-state index contributed by atoms with van der Waals surface area (Å²) in [5.74, 6) is 0. The van der Waals surface area contributed by atoms with Crippen molar-refractivity contribution < 1.29 is 4.79 Å².